The van der Waals surface area contributed by atoms with Crippen LogP contribution in [0.15, 0.2) is 28.9 Å². The van der Waals surface area contributed by atoms with Crippen molar-refractivity contribution in [3.05, 3.63) is 28.9 Å². The molecule has 5 nitrogen and oxygen atoms in total. The molecule has 20 heavy (non-hydrogen) atoms. The molecule has 1 aromatic carbocycles. The fraction of sp³-hybridized carbons (Fsp3) is 0.357. The maximum atomic E-state index is 6.00. The minimum Gasteiger partial charge on any atom is -0.396 e. The number of hydrogen-bond donors (Lipinski definition) is 2. The predicted octanol–water partition coefficient (Wildman–Crippen LogP) is 2.65. The summed E-state index contributed by atoms with van der Waals surface area (Å²) in [7, 11) is 1.66. The molecule has 2 aromatic rings. The molecule has 0 saturated carbocycles. The van der Waals surface area contributed by atoms with Gasteiger partial charge in [-0.1, -0.05) is 15.9 Å². The molecule has 0 atom stereocenters. The van der Waals surface area contributed by atoms with E-state index in [1.807, 2.05) is 18.2 Å². The summed E-state index contributed by atoms with van der Waals surface area (Å²) in [6.07, 6.45) is 1.67. The molecule has 108 valence electrons. The van der Waals surface area contributed by atoms with Crippen LogP contribution in [0.4, 0.5) is 11.4 Å². The number of methoxy groups -OCH3 is 1. The molecule has 0 fully saturated rings. The van der Waals surface area contributed by atoms with E-state index in [0.717, 1.165) is 21.1 Å². The number of ether oxygens (including phenoxy) is 2. The number of halogens is 1. The van der Waals surface area contributed by atoms with Gasteiger partial charge in [-0.25, -0.2) is 0 Å². The number of rotatable bonds is 7. The van der Waals surface area contributed by atoms with E-state index in [1.165, 1.54) is 0 Å². The number of nitrogens with one attached hydrogen (secondary N) is 1. The van der Waals surface area contributed by atoms with Gasteiger partial charge >= 0.3 is 0 Å². The number of fused-ring (bicyclic) bond motifs is 1. The van der Waals surface area contributed by atoms with Gasteiger partial charge in [-0.2, -0.15) is 0 Å². The third kappa shape index (κ3) is 3.82. The second kappa shape index (κ2) is 7.42. The minimum atomic E-state index is 0.594. The molecule has 3 N–H and O–H groups in total. The zero-order chi connectivity index (χ0) is 14.4. The first-order valence-electron chi connectivity index (χ1n) is 6.36. The lowest BCUT2D eigenvalue weighted by atomic mass is 10.1. The van der Waals surface area contributed by atoms with E-state index in [-0.39, 0.29) is 0 Å². The highest BCUT2D eigenvalue weighted by molar-refractivity contribution is 9.10. The molecule has 1 heterocycles. The lowest BCUT2D eigenvalue weighted by Crippen LogP contribution is -2.13. The molecule has 6 heteroatoms. The summed E-state index contributed by atoms with van der Waals surface area (Å²) in [5, 5.41) is 4.30. The van der Waals surface area contributed by atoms with Crippen LogP contribution in [0.3, 0.4) is 0 Å². The maximum Gasteiger partial charge on any atom is 0.0743 e. The first-order valence-corrected chi connectivity index (χ1v) is 7.16. The Hall–Kier alpha value is -1.37. The summed E-state index contributed by atoms with van der Waals surface area (Å²) in [6, 6.07) is 5.93. The van der Waals surface area contributed by atoms with Crippen LogP contribution in [0.25, 0.3) is 10.9 Å². The van der Waals surface area contributed by atoms with Gasteiger partial charge in [-0.05, 0) is 18.2 Å². The largest absolute Gasteiger partial charge is 0.396 e. The lowest BCUT2D eigenvalue weighted by molar-refractivity contribution is 0.0759. The number of pyridine rings is 1. The van der Waals surface area contributed by atoms with Crippen molar-refractivity contribution in [3.63, 3.8) is 0 Å². The molecule has 0 aliphatic carbocycles. The highest BCUT2D eigenvalue weighted by atomic mass is 79.9. The van der Waals surface area contributed by atoms with Gasteiger partial charge in [0.25, 0.3) is 0 Å². The summed E-state index contributed by atoms with van der Waals surface area (Å²) in [6.45, 7) is 2.48. The number of nitrogens with two attached hydrogens (primary N) is 1. The molecule has 1 aromatic heterocycles. The van der Waals surface area contributed by atoms with Crippen LogP contribution < -0.4 is 11.1 Å². The molecule has 0 saturated heterocycles. The van der Waals surface area contributed by atoms with Crippen molar-refractivity contribution in [3.8, 4) is 0 Å². The molecule has 0 spiro atoms. The molecular weight excluding hydrogens is 322 g/mol. The van der Waals surface area contributed by atoms with E-state index < -0.39 is 0 Å². The van der Waals surface area contributed by atoms with Gasteiger partial charge in [0.05, 0.1) is 42.9 Å². The Morgan fingerprint density at radius 1 is 1.30 bits per heavy atom. The van der Waals surface area contributed by atoms with Crippen LogP contribution >= 0.6 is 15.9 Å². The Morgan fingerprint density at radius 3 is 2.95 bits per heavy atom. The van der Waals surface area contributed by atoms with E-state index in [1.54, 1.807) is 13.3 Å². The van der Waals surface area contributed by atoms with Crippen molar-refractivity contribution < 1.29 is 9.47 Å². The van der Waals surface area contributed by atoms with Crippen molar-refractivity contribution in [2.75, 3.05) is 44.5 Å². The first kappa shape index (κ1) is 15.0. The molecule has 0 radical (unpaired) electrons. The van der Waals surface area contributed by atoms with Gasteiger partial charge < -0.3 is 20.5 Å². The normalized spacial score (nSPS) is 10.9. The van der Waals surface area contributed by atoms with Gasteiger partial charge in [0.15, 0.2) is 0 Å². The van der Waals surface area contributed by atoms with Gasteiger partial charge in [0.1, 0.15) is 0 Å². The average molecular weight is 340 g/mol. The molecule has 2 rings (SSSR count). The van der Waals surface area contributed by atoms with E-state index in [4.69, 9.17) is 15.2 Å². The zero-order valence-corrected chi connectivity index (χ0v) is 12.9. The second-order valence-corrected chi connectivity index (χ2v) is 5.20. The van der Waals surface area contributed by atoms with Gasteiger partial charge in [0.2, 0.25) is 0 Å². The predicted molar refractivity (Wildman–Crippen MR) is 85.0 cm³/mol. The molecule has 0 unspecified atom stereocenters. The fourth-order valence-corrected chi connectivity index (χ4v) is 2.23. The van der Waals surface area contributed by atoms with Gasteiger partial charge in [-0.15, -0.1) is 0 Å². The van der Waals surface area contributed by atoms with Crippen LogP contribution in [0.1, 0.15) is 0 Å². The van der Waals surface area contributed by atoms with E-state index in [2.05, 4.69) is 26.2 Å². The highest BCUT2D eigenvalue weighted by Gasteiger charge is 2.06. The smallest absolute Gasteiger partial charge is 0.0743 e. The zero-order valence-electron chi connectivity index (χ0n) is 11.4. The summed E-state index contributed by atoms with van der Waals surface area (Å²) >= 11 is 3.47. The topological polar surface area (TPSA) is 69.4 Å². The Bertz CT molecular complexity index is 572. The van der Waals surface area contributed by atoms with Crippen molar-refractivity contribution in [1.82, 2.24) is 4.98 Å². The summed E-state index contributed by atoms with van der Waals surface area (Å²) in [5.74, 6) is 0. The Balaban J connectivity index is 2.05. The third-order valence-electron chi connectivity index (χ3n) is 2.84. The van der Waals surface area contributed by atoms with Gasteiger partial charge in [-0.3, -0.25) is 4.98 Å². The first-order chi connectivity index (χ1) is 9.72. The number of nitrogen functional groups attached to an aromatic ring is 1. The van der Waals surface area contributed by atoms with Crippen molar-refractivity contribution in [2.45, 2.75) is 0 Å². The Labute approximate surface area is 126 Å². The quantitative estimate of drug-likeness (QED) is 0.759. The number of hydrogen-bond acceptors (Lipinski definition) is 5. The van der Waals surface area contributed by atoms with Crippen molar-refractivity contribution in [2.24, 2.45) is 0 Å². The van der Waals surface area contributed by atoms with Crippen LogP contribution in [0, 0.1) is 0 Å². The number of anilines is 2. The van der Waals surface area contributed by atoms with E-state index in [0.29, 0.717) is 32.1 Å². The lowest BCUT2D eigenvalue weighted by Gasteiger charge is -2.12. The molecule has 0 aliphatic rings. The van der Waals surface area contributed by atoms with Crippen molar-refractivity contribution >= 4 is 38.2 Å². The SMILES string of the molecule is COCCOCCNc1c(N)cnc2ccc(Br)cc12. The van der Waals surface area contributed by atoms with Crippen LogP contribution in [0.2, 0.25) is 0 Å². The Kier molecular flexibility index (Phi) is 5.58. The number of benzene rings is 1. The third-order valence-corrected chi connectivity index (χ3v) is 3.33. The standard InChI is InChI=1S/C14H18BrN3O2/c1-19-6-7-20-5-4-17-14-11-8-10(15)2-3-13(11)18-9-12(14)16/h2-3,8-9H,4-7,16H2,1H3,(H,17,18). The van der Waals surface area contributed by atoms with E-state index in [9.17, 15) is 0 Å². The molecule has 0 bridgehead atoms. The molecule has 0 aliphatic heterocycles. The average Bonchev–Trinajstić information content (AvgIpc) is 2.44. The second-order valence-electron chi connectivity index (χ2n) is 4.28. The maximum absolute atomic E-state index is 6.00. The van der Waals surface area contributed by atoms with E-state index >= 15 is 0 Å². The fourth-order valence-electron chi connectivity index (χ4n) is 1.87. The number of nitrogens with zero attached hydrogens (tertiary/aromatic N) is 1. The molecular formula is C14H18BrN3O2. The summed E-state index contributed by atoms with van der Waals surface area (Å²) < 4.78 is 11.3. The minimum absolute atomic E-state index is 0.594. The van der Waals surface area contributed by atoms with Crippen LogP contribution in [0.5, 0.6) is 0 Å². The Morgan fingerprint density at radius 2 is 2.15 bits per heavy atom. The monoisotopic (exact) mass is 339 g/mol. The van der Waals surface area contributed by atoms with Crippen LogP contribution in [-0.2, 0) is 9.47 Å². The molecule has 0 amide bonds. The van der Waals surface area contributed by atoms with Gasteiger partial charge in [0, 0.05) is 23.5 Å². The summed E-state index contributed by atoms with van der Waals surface area (Å²) in [5.41, 5.74) is 8.43. The summed E-state index contributed by atoms with van der Waals surface area (Å²) in [4.78, 5) is 4.32. The van der Waals surface area contributed by atoms with Crippen molar-refractivity contribution in [1.29, 1.82) is 0 Å². The number of aromatic nitrogens is 1. The van der Waals surface area contributed by atoms with Crippen LogP contribution in [-0.4, -0.2) is 38.5 Å². The highest BCUT2D eigenvalue weighted by Crippen LogP contribution is 2.29.